The van der Waals surface area contributed by atoms with Gasteiger partial charge in [-0.15, -0.1) is 0 Å². The summed E-state index contributed by atoms with van der Waals surface area (Å²) in [5, 5.41) is 13.1. The number of nitrogen functional groups attached to an aromatic ring is 1. The van der Waals surface area contributed by atoms with E-state index in [1.807, 2.05) is 19.9 Å². The van der Waals surface area contributed by atoms with Crippen LogP contribution >= 0.6 is 15.9 Å². The maximum atomic E-state index is 14.3. The molecule has 0 saturated heterocycles. The number of aromatic nitrogens is 1. The van der Waals surface area contributed by atoms with Crippen molar-refractivity contribution in [2.24, 2.45) is 5.41 Å². The monoisotopic (exact) mass is 447 g/mol. The first kappa shape index (κ1) is 20.4. The van der Waals surface area contributed by atoms with Gasteiger partial charge in [0, 0.05) is 45.2 Å². The van der Waals surface area contributed by atoms with Gasteiger partial charge in [-0.3, -0.25) is 4.79 Å². The number of aliphatic hydroxyl groups excluding tert-OH is 1. The number of halogens is 2. The van der Waals surface area contributed by atoms with E-state index in [1.165, 1.54) is 6.07 Å². The highest BCUT2D eigenvalue weighted by Gasteiger charge is 2.21. The van der Waals surface area contributed by atoms with E-state index < -0.39 is 5.41 Å². The van der Waals surface area contributed by atoms with Gasteiger partial charge in [-0.1, -0.05) is 29.8 Å². The average Bonchev–Trinajstić information content (AvgIpc) is 3.00. The zero-order chi connectivity index (χ0) is 20.5. The number of amides is 1. The van der Waals surface area contributed by atoms with Crippen molar-refractivity contribution in [2.75, 3.05) is 18.9 Å². The second-order valence-corrected chi connectivity index (χ2v) is 8.59. The van der Waals surface area contributed by atoms with Crippen LogP contribution in [-0.2, 0) is 6.54 Å². The lowest BCUT2D eigenvalue weighted by molar-refractivity contribution is 0.0902. The van der Waals surface area contributed by atoms with Crippen molar-refractivity contribution in [3.05, 3.63) is 64.0 Å². The van der Waals surface area contributed by atoms with Crippen LogP contribution in [0.5, 0.6) is 0 Å². The van der Waals surface area contributed by atoms with Gasteiger partial charge in [-0.2, -0.15) is 0 Å². The van der Waals surface area contributed by atoms with Gasteiger partial charge < -0.3 is 20.7 Å². The fourth-order valence-electron chi connectivity index (χ4n) is 2.95. The van der Waals surface area contributed by atoms with Gasteiger partial charge in [0.15, 0.2) is 0 Å². The van der Waals surface area contributed by atoms with Crippen molar-refractivity contribution in [3.63, 3.8) is 0 Å². The number of aliphatic hydroxyl groups is 1. The number of benzene rings is 2. The third kappa shape index (κ3) is 4.36. The van der Waals surface area contributed by atoms with Gasteiger partial charge in [-0.05, 0) is 42.5 Å². The molecule has 0 aliphatic carbocycles. The topological polar surface area (TPSA) is 80.3 Å². The van der Waals surface area contributed by atoms with Crippen LogP contribution in [0.2, 0.25) is 0 Å². The van der Waals surface area contributed by atoms with Gasteiger partial charge in [0.25, 0.3) is 5.91 Å². The van der Waals surface area contributed by atoms with E-state index in [-0.39, 0.29) is 24.9 Å². The summed E-state index contributed by atoms with van der Waals surface area (Å²) < 4.78 is 16.9. The number of carbonyl (C=O) groups excluding carboxylic acids is 1. The second kappa shape index (κ2) is 7.93. The van der Waals surface area contributed by atoms with Gasteiger partial charge in [-0.25, -0.2) is 4.39 Å². The molecule has 148 valence electrons. The molecular formula is C21H23BrFN3O2. The van der Waals surface area contributed by atoms with Crippen molar-refractivity contribution in [3.8, 4) is 0 Å². The first-order valence-electron chi connectivity index (χ1n) is 8.92. The highest BCUT2D eigenvalue weighted by molar-refractivity contribution is 9.10. The number of anilines is 1. The molecule has 4 N–H and O–H groups in total. The predicted octanol–water partition coefficient (Wildman–Crippen LogP) is 3.92. The van der Waals surface area contributed by atoms with Crippen molar-refractivity contribution < 1.29 is 14.3 Å². The molecule has 7 heteroatoms. The number of nitrogens with one attached hydrogen (secondary N) is 1. The van der Waals surface area contributed by atoms with Crippen molar-refractivity contribution >= 4 is 38.4 Å². The molecule has 0 atom stereocenters. The van der Waals surface area contributed by atoms with Crippen LogP contribution in [0, 0.1) is 11.2 Å². The van der Waals surface area contributed by atoms with Crippen LogP contribution in [0.15, 0.2) is 46.9 Å². The summed E-state index contributed by atoms with van der Waals surface area (Å²) in [6.45, 7) is 4.19. The molecule has 0 saturated carbocycles. The van der Waals surface area contributed by atoms with E-state index in [9.17, 15) is 14.3 Å². The standard InChI is InChI=1S/C21H23BrFN3O2/c1-21(2,12-27)11-25-20(28)19-9-13-8-16(24)4-6-18(13)26(19)10-14-7-15(22)3-5-17(14)23/h3-9,27H,10-12,24H2,1-2H3,(H,25,28). The quantitative estimate of drug-likeness (QED) is 0.500. The van der Waals surface area contributed by atoms with Crippen molar-refractivity contribution in [1.82, 2.24) is 9.88 Å². The Balaban J connectivity index is 2.02. The van der Waals surface area contributed by atoms with Crippen LogP contribution in [0.3, 0.4) is 0 Å². The van der Waals surface area contributed by atoms with Crippen LogP contribution in [0.4, 0.5) is 10.1 Å². The largest absolute Gasteiger partial charge is 0.399 e. The number of hydrogen-bond acceptors (Lipinski definition) is 3. The minimum atomic E-state index is -0.437. The van der Waals surface area contributed by atoms with Gasteiger partial charge in [0.2, 0.25) is 0 Å². The number of nitrogens with two attached hydrogens (primary N) is 1. The van der Waals surface area contributed by atoms with Gasteiger partial charge in [0.05, 0.1) is 6.54 Å². The van der Waals surface area contributed by atoms with E-state index in [1.54, 1.807) is 34.9 Å². The van der Waals surface area contributed by atoms with Crippen LogP contribution < -0.4 is 11.1 Å². The molecular weight excluding hydrogens is 425 g/mol. The summed E-state index contributed by atoms with van der Waals surface area (Å²) in [7, 11) is 0. The smallest absolute Gasteiger partial charge is 0.267 e. The van der Waals surface area contributed by atoms with Crippen LogP contribution in [0.1, 0.15) is 29.9 Å². The van der Waals surface area contributed by atoms with E-state index in [4.69, 9.17) is 5.73 Å². The summed E-state index contributed by atoms with van der Waals surface area (Å²) in [6.07, 6.45) is 0. The Morgan fingerprint density at radius 2 is 2.00 bits per heavy atom. The maximum absolute atomic E-state index is 14.3. The number of hydrogen-bond donors (Lipinski definition) is 3. The Morgan fingerprint density at radius 1 is 1.25 bits per heavy atom. The normalized spacial score (nSPS) is 11.8. The van der Waals surface area contributed by atoms with E-state index >= 15 is 0 Å². The Labute approximate surface area is 171 Å². The Bertz CT molecular complexity index is 1030. The molecule has 3 aromatic rings. The molecule has 5 nitrogen and oxygen atoms in total. The molecule has 0 unspecified atom stereocenters. The molecule has 3 rings (SSSR count). The molecule has 1 amide bonds. The molecule has 1 aromatic heterocycles. The Kier molecular flexibility index (Phi) is 5.76. The summed E-state index contributed by atoms with van der Waals surface area (Å²) in [5.74, 6) is -0.625. The number of rotatable bonds is 6. The van der Waals surface area contributed by atoms with Gasteiger partial charge >= 0.3 is 0 Å². The second-order valence-electron chi connectivity index (χ2n) is 7.67. The first-order chi connectivity index (χ1) is 13.2. The molecule has 0 fully saturated rings. The molecule has 0 bridgehead atoms. The lowest BCUT2D eigenvalue weighted by Crippen LogP contribution is -2.36. The zero-order valence-corrected chi connectivity index (χ0v) is 17.4. The lowest BCUT2D eigenvalue weighted by atomic mass is 9.95. The van der Waals surface area contributed by atoms with E-state index in [2.05, 4.69) is 21.2 Å². The summed E-state index contributed by atoms with van der Waals surface area (Å²) in [4.78, 5) is 12.9. The zero-order valence-electron chi connectivity index (χ0n) is 15.8. The average molecular weight is 448 g/mol. The van der Waals surface area contributed by atoms with Crippen molar-refractivity contribution in [2.45, 2.75) is 20.4 Å². The number of nitrogens with zero attached hydrogens (tertiary/aromatic N) is 1. The number of fused-ring (bicyclic) bond motifs is 1. The lowest BCUT2D eigenvalue weighted by Gasteiger charge is -2.22. The molecule has 0 aliphatic rings. The Hall–Kier alpha value is -2.38. The third-order valence-corrected chi connectivity index (χ3v) is 5.14. The third-order valence-electron chi connectivity index (χ3n) is 4.65. The molecule has 0 radical (unpaired) electrons. The highest BCUT2D eigenvalue weighted by Crippen LogP contribution is 2.25. The number of carbonyl (C=O) groups is 1. The molecule has 0 aliphatic heterocycles. The molecule has 2 aromatic carbocycles. The maximum Gasteiger partial charge on any atom is 0.267 e. The fourth-order valence-corrected chi connectivity index (χ4v) is 3.36. The summed E-state index contributed by atoms with van der Waals surface area (Å²) in [6, 6.07) is 11.9. The molecule has 28 heavy (non-hydrogen) atoms. The summed E-state index contributed by atoms with van der Waals surface area (Å²) in [5.41, 5.74) is 7.71. The Morgan fingerprint density at radius 3 is 2.71 bits per heavy atom. The van der Waals surface area contributed by atoms with Gasteiger partial charge in [0.1, 0.15) is 11.5 Å². The van der Waals surface area contributed by atoms with E-state index in [0.717, 1.165) is 15.4 Å². The predicted molar refractivity (Wildman–Crippen MR) is 113 cm³/mol. The van der Waals surface area contributed by atoms with E-state index in [0.29, 0.717) is 23.5 Å². The van der Waals surface area contributed by atoms with Crippen LogP contribution in [0.25, 0.3) is 10.9 Å². The SMILES string of the molecule is CC(C)(CO)CNC(=O)c1cc2cc(N)ccc2n1Cc1cc(Br)ccc1F. The molecule has 1 heterocycles. The summed E-state index contributed by atoms with van der Waals surface area (Å²) >= 11 is 3.37. The minimum absolute atomic E-state index is 0.0456. The highest BCUT2D eigenvalue weighted by atomic mass is 79.9. The molecule has 0 spiro atoms. The van der Waals surface area contributed by atoms with Crippen molar-refractivity contribution in [1.29, 1.82) is 0 Å². The van der Waals surface area contributed by atoms with Crippen LogP contribution in [-0.4, -0.2) is 28.7 Å². The minimum Gasteiger partial charge on any atom is -0.399 e. The fraction of sp³-hybridized carbons (Fsp3) is 0.286. The first-order valence-corrected chi connectivity index (χ1v) is 9.71.